The van der Waals surface area contributed by atoms with Crippen molar-refractivity contribution in [2.75, 3.05) is 32.7 Å². The van der Waals surface area contributed by atoms with E-state index in [1.165, 1.54) is 22.7 Å². The van der Waals surface area contributed by atoms with E-state index in [0.717, 1.165) is 11.1 Å². The predicted molar refractivity (Wildman–Crippen MR) is 110 cm³/mol. The maximum absolute atomic E-state index is 12.7. The summed E-state index contributed by atoms with van der Waals surface area (Å²) >= 11 is 0. The van der Waals surface area contributed by atoms with Crippen LogP contribution in [-0.2, 0) is 14.8 Å². The number of carbonyl (C=O) groups excluding carboxylic acids is 1. The van der Waals surface area contributed by atoms with Crippen molar-refractivity contribution in [3.63, 3.8) is 0 Å². The number of sulfonamides is 1. The van der Waals surface area contributed by atoms with Crippen molar-refractivity contribution in [3.8, 4) is 5.75 Å². The van der Waals surface area contributed by atoms with Crippen molar-refractivity contribution in [2.45, 2.75) is 11.8 Å². The van der Waals surface area contributed by atoms with E-state index in [0.29, 0.717) is 26.2 Å². The SMILES string of the molecule is Cc1ccc(S(=O)(=O)N2CCN(CC(=O)N/N=C\c3ccc(O)cc3)CC2)cc1. The number of hydrogen-bond donors (Lipinski definition) is 2. The van der Waals surface area contributed by atoms with Crippen LogP contribution in [0.2, 0.25) is 0 Å². The normalized spacial score (nSPS) is 16.2. The fourth-order valence-corrected chi connectivity index (χ4v) is 4.39. The van der Waals surface area contributed by atoms with E-state index < -0.39 is 10.0 Å². The van der Waals surface area contributed by atoms with Gasteiger partial charge in [-0.2, -0.15) is 9.41 Å². The van der Waals surface area contributed by atoms with Gasteiger partial charge in [-0.25, -0.2) is 13.8 Å². The first-order chi connectivity index (χ1) is 13.8. The third-order valence-corrected chi connectivity index (χ3v) is 6.57. The lowest BCUT2D eigenvalue weighted by molar-refractivity contribution is -0.122. The minimum absolute atomic E-state index is 0.144. The first-order valence-corrected chi connectivity index (χ1v) is 10.7. The molecule has 2 aromatic carbocycles. The lowest BCUT2D eigenvalue weighted by Gasteiger charge is -2.33. The molecule has 9 heteroatoms. The molecule has 0 bridgehead atoms. The molecule has 1 amide bonds. The number of amides is 1. The third kappa shape index (κ3) is 5.63. The number of piperazine rings is 1. The van der Waals surface area contributed by atoms with Gasteiger partial charge in [0, 0.05) is 26.2 Å². The van der Waals surface area contributed by atoms with E-state index in [4.69, 9.17) is 0 Å². The Hall–Kier alpha value is -2.75. The molecule has 0 saturated carbocycles. The van der Waals surface area contributed by atoms with E-state index in [1.807, 2.05) is 11.8 Å². The average Bonchev–Trinajstić information content (AvgIpc) is 2.70. The number of nitrogens with one attached hydrogen (secondary N) is 1. The molecular formula is C20H24N4O4S. The van der Waals surface area contributed by atoms with Crippen LogP contribution in [0.5, 0.6) is 5.75 Å². The number of carbonyl (C=O) groups is 1. The number of hydrazone groups is 1. The van der Waals surface area contributed by atoms with Crippen molar-refractivity contribution in [3.05, 3.63) is 59.7 Å². The standard InChI is InChI=1S/C20H24N4O4S/c1-16-2-8-19(9-3-16)29(27,28)24-12-10-23(11-13-24)15-20(26)22-21-14-17-4-6-18(25)7-5-17/h2-9,14,25H,10-13,15H2,1H3,(H,22,26)/b21-14-. The molecular weight excluding hydrogens is 392 g/mol. The molecule has 2 aromatic rings. The average molecular weight is 417 g/mol. The highest BCUT2D eigenvalue weighted by molar-refractivity contribution is 7.89. The van der Waals surface area contributed by atoms with Crippen LogP contribution in [0.4, 0.5) is 0 Å². The highest BCUT2D eigenvalue weighted by Gasteiger charge is 2.28. The molecule has 1 saturated heterocycles. The highest BCUT2D eigenvalue weighted by atomic mass is 32.2. The number of phenolic OH excluding ortho intramolecular Hbond substituents is 1. The van der Waals surface area contributed by atoms with Crippen molar-refractivity contribution in [2.24, 2.45) is 5.10 Å². The predicted octanol–water partition coefficient (Wildman–Crippen LogP) is 1.16. The molecule has 1 aliphatic heterocycles. The van der Waals surface area contributed by atoms with Gasteiger partial charge in [-0.05, 0) is 48.9 Å². The number of aryl methyl sites for hydroxylation is 1. The van der Waals surface area contributed by atoms with Crippen molar-refractivity contribution in [1.82, 2.24) is 14.6 Å². The summed E-state index contributed by atoms with van der Waals surface area (Å²) < 4.78 is 26.9. The lowest BCUT2D eigenvalue weighted by Crippen LogP contribution is -2.50. The van der Waals surface area contributed by atoms with Gasteiger partial charge in [0.05, 0.1) is 17.7 Å². The number of nitrogens with zero attached hydrogens (tertiary/aromatic N) is 3. The van der Waals surface area contributed by atoms with Crippen LogP contribution in [0.25, 0.3) is 0 Å². The van der Waals surface area contributed by atoms with Crippen LogP contribution < -0.4 is 5.43 Å². The number of phenols is 1. The molecule has 8 nitrogen and oxygen atoms in total. The zero-order valence-corrected chi connectivity index (χ0v) is 17.0. The van der Waals surface area contributed by atoms with E-state index in [-0.39, 0.29) is 23.1 Å². The van der Waals surface area contributed by atoms with Gasteiger partial charge in [0.15, 0.2) is 0 Å². The van der Waals surface area contributed by atoms with Gasteiger partial charge in [-0.15, -0.1) is 0 Å². The molecule has 0 aromatic heterocycles. The Kier molecular flexibility index (Phi) is 6.63. The summed E-state index contributed by atoms with van der Waals surface area (Å²) in [7, 11) is -3.51. The molecule has 0 aliphatic carbocycles. The maximum atomic E-state index is 12.7. The van der Waals surface area contributed by atoms with Crippen LogP contribution in [0.1, 0.15) is 11.1 Å². The summed E-state index contributed by atoms with van der Waals surface area (Å²) in [5.74, 6) is -0.107. The Morgan fingerprint density at radius 1 is 1.07 bits per heavy atom. The molecule has 0 spiro atoms. The van der Waals surface area contributed by atoms with E-state index in [1.54, 1.807) is 36.4 Å². The van der Waals surface area contributed by atoms with Gasteiger partial charge in [-0.3, -0.25) is 9.69 Å². The minimum Gasteiger partial charge on any atom is -0.508 e. The summed E-state index contributed by atoms with van der Waals surface area (Å²) in [5.41, 5.74) is 4.22. The first-order valence-electron chi connectivity index (χ1n) is 9.25. The highest BCUT2D eigenvalue weighted by Crippen LogP contribution is 2.18. The van der Waals surface area contributed by atoms with Crippen LogP contribution in [0, 0.1) is 6.92 Å². The third-order valence-electron chi connectivity index (χ3n) is 4.65. The van der Waals surface area contributed by atoms with E-state index >= 15 is 0 Å². The minimum atomic E-state index is -3.51. The Balaban J connectivity index is 1.47. The Bertz CT molecular complexity index is 965. The van der Waals surface area contributed by atoms with E-state index in [2.05, 4.69) is 10.5 Å². The molecule has 1 fully saturated rings. The van der Waals surface area contributed by atoms with Gasteiger partial charge < -0.3 is 5.11 Å². The molecule has 0 radical (unpaired) electrons. The van der Waals surface area contributed by atoms with Crippen LogP contribution in [0.3, 0.4) is 0 Å². The van der Waals surface area contributed by atoms with Crippen molar-refractivity contribution in [1.29, 1.82) is 0 Å². The van der Waals surface area contributed by atoms with Gasteiger partial charge in [0.2, 0.25) is 10.0 Å². The Morgan fingerprint density at radius 3 is 2.31 bits per heavy atom. The molecule has 3 rings (SSSR count). The smallest absolute Gasteiger partial charge is 0.254 e. The van der Waals surface area contributed by atoms with Gasteiger partial charge >= 0.3 is 0 Å². The quantitative estimate of drug-likeness (QED) is 0.543. The molecule has 0 unspecified atom stereocenters. The summed E-state index contributed by atoms with van der Waals surface area (Å²) in [5, 5.41) is 13.1. The fraction of sp³-hybridized carbons (Fsp3) is 0.300. The molecule has 29 heavy (non-hydrogen) atoms. The first kappa shape index (κ1) is 21.0. The van der Waals surface area contributed by atoms with Crippen molar-refractivity contribution < 1.29 is 18.3 Å². The molecule has 1 heterocycles. The maximum Gasteiger partial charge on any atom is 0.254 e. The summed E-state index contributed by atoms with van der Waals surface area (Å²) in [6.07, 6.45) is 1.49. The van der Waals surface area contributed by atoms with Crippen LogP contribution in [0.15, 0.2) is 58.5 Å². The second kappa shape index (κ2) is 9.17. The number of aromatic hydroxyl groups is 1. The monoisotopic (exact) mass is 416 g/mol. The van der Waals surface area contributed by atoms with E-state index in [9.17, 15) is 18.3 Å². The van der Waals surface area contributed by atoms with Gasteiger partial charge in [0.25, 0.3) is 5.91 Å². The van der Waals surface area contributed by atoms with Crippen molar-refractivity contribution >= 4 is 22.1 Å². The second-order valence-corrected chi connectivity index (χ2v) is 8.82. The van der Waals surface area contributed by atoms with Crippen LogP contribution >= 0.6 is 0 Å². The Labute approximate surface area is 170 Å². The number of benzene rings is 2. The lowest BCUT2D eigenvalue weighted by atomic mass is 10.2. The molecule has 0 atom stereocenters. The summed E-state index contributed by atoms with van der Waals surface area (Å²) in [4.78, 5) is 14.2. The number of rotatable bonds is 6. The number of hydrogen-bond acceptors (Lipinski definition) is 6. The zero-order valence-electron chi connectivity index (χ0n) is 16.2. The molecule has 154 valence electrons. The molecule has 2 N–H and O–H groups in total. The zero-order chi connectivity index (χ0) is 20.9. The van der Waals surface area contributed by atoms with Gasteiger partial charge in [0.1, 0.15) is 5.75 Å². The van der Waals surface area contributed by atoms with Gasteiger partial charge in [-0.1, -0.05) is 17.7 Å². The van der Waals surface area contributed by atoms with Crippen LogP contribution in [-0.4, -0.2) is 67.6 Å². The Morgan fingerprint density at radius 2 is 1.69 bits per heavy atom. The topological polar surface area (TPSA) is 102 Å². The summed E-state index contributed by atoms with van der Waals surface area (Å²) in [6.45, 7) is 3.67. The molecule has 1 aliphatic rings. The summed E-state index contributed by atoms with van der Waals surface area (Å²) in [6, 6.07) is 13.2. The fourth-order valence-electron chi connectivity index (χ4n) is 2.96. The second-order valence-electron chi connectivity index (χ2n) is 6.88. The largest absolute Gasteiger partial charge is 0.508 e.